The van der Waals surface area contributed by atoms with Crippen LogP contribution in [-0.4, -0.2) is 18.5 Å². The topological polar surface area (TPSA) is 50.4 Å². The summed E-state index contributed by atoms with van der Waals surface area (Å²) in [7, 11) is 0. The van der Waals surface area contributed by atoms with Crippen molar-refractivity contribution in [2.75, 3.05) is 11.9 Å². The van der Waals surface area contributed by atoms with E-state index in [4.69, 9.17) is 4.74 Å². The van der Waals surface area contributed by atoms with Crippen LogP contribution in [0.1, 0.15) is 32.6 Å². The Balaban J connectivity index is 1.57. The van der Waals surface area contributed by atoms with Gasteiger partial charge in [-0.2, -0.15) is 0 Å². The Bertz CT molecular complexity index is 687. The molecule has 4 heteroatoms. The van der Waals surface area contributed by atoms with Crippen LogP contribution in [0.2, 0.25) is 0 Å². The van der Waals surface area contributed by atoms with E-state index in [1.54, 1.807) is 0 Å². The van der Waals surface area contributed by atoms with Crippen molar-refractivity contribution in [2.24, 2.45) is 5.92 Å². The first-order valence-corrected chi connectivity index (χ1v) is 9.07. The average Bonchev–Trinajstić information content (AvgIpc) is 2.64. The summed E-state index contributed by atoms with van der Waals surface area (Å²) in [5.74, 6) is 1.99. The van der Waals surface area contributed by atoms with Gasteiger partial charge in [0.05, 0.1) is 12.2 Å². The Morgan fingerprint density at radius 3 is 2.56 bits per heavy atom. The number of anilines is 1. The first kappa shape index (κ1) is 17.5. The highest BCUT2D eigenvalue weighted by Crippen LogP contribution is 2.29. The number of carbonyl (C=O) groups excluding carboxylic acids is 1. The zero-order chi connectivity index (χ0) is 17.5. The van der Waals surface area contributed by atoms with Gasteiger partial charge in [-0.05, 0) is 43.0 Å². The van der Waals surface area contributed by atoms with Crippen molar-refractivity contribution in [3.8, 4) is 11.5 Å². The second-order valence-corrected chi connectivity index (χ2v) is 6.71. The molecule has 0 radical (unpaired) electrons. The largest absolute Gasteiger partial charge is 0.455 e. The van der Waals surface area contributed by atoms with E-state index in [9.17, 15) is 4.79 Å². The van der Waals surface area contributed by atoms with Crippen LogP contribution in [-0.2, 0) is 4.79 Å². The lowest BCUT2D eigenvalue weighted by Crippen LogP contribution is -2.41. The molecule has 2 atom stereocenters. The summed E-state index contributed by atoms with van der Waals surface area (Å²) in [4.78, 5) is 12.3. The Hall–Kier alpha value is -2.33. The minimum Gasteiger partial charge on any atom is -0.455 e. The fourth-order valence-electron chi connectivity index (χ4n) is 3.31. The fourth-order valence-corrected chi connectivity index (χ4v) is 3.31. The molecule has 0 unspecified atom stereocenters. The molecule has 2 aromatic rings. The lowest BCUT2D eigenvalue weighted by molar-refractivity contribution is -0.115. The van der Waals surface area contributed by atoms with Crippen LogP contribution in [0.3, 0.4) is 0 Å². The van der Waals surface area contributed by atoms with Crippen molar-refractivity contribution in [3.05, 3.63) is 54.6 Å². The monoisotopic (exact) mass is 338 g/mol. The lowest BCUT2D eigenvalue weighted by atomic mass is 9.86. The fraction of sp³-hybridized carbons (Fsp3) is 0.381. The van der Waals surface area contributed by atoms with Crippen LogP contribution in [0.4, 0.5) is 5.69 Å². The summed E-state index contributed by atoms with van der Waals surface area (Å²) >= 11 is 0. The number of rotatable bonds is 6. The predicted molar refractivity (Wildman–Crippen MR) is 101 cm³/mol. The van der Waals surface area contributed by atoms with Crippen LogP contribution in [0.15, 0.2) is 54.6 Å². The van der Waals surface area contributed by atoms with E-state index in [2.05, 4.69) is 17.6 Å². The van der Waals surface area contributed by atoms with E-state index in [0.717, 1.165) is 12.2 Å². The summed E-state index contributed by atoms with van der Waals surface area (Å²) in [6.07, 6.45) is 4.95. The van der Waals surface area contributed by atoms with Gasteiger partial charge in [-0.3, -0.25) is 4.79 Å². The van der Waals surface area contributed by atoms with Crippen molar-refractivity contribution in [1.29, 1.82) is 0 Å². The molecule has 0 aromatic heterocycles. The number of amides is 1. The number of benzene rings is 2. The van der Waals surface area contributed by atoms with E-state index in [1.165, 1.54) is 19.3 Å². The van der Waals surface area contributed by atoms with E-state index in [1.807, 2.05) is 54.6 Å². The third kappa shape index (κ3) is 5.07. The Morgan fingerprint density at radius 1 is 1.04 bits per heavy atom. The molecule has 25 heavy (non-hydrogen) atoms. The van der Waals surface area contributed by atoms with E-state index >= 15 is 0 Å². The van der Waals surface area contributed by atoms with Gasteiger partial charge in [0, 0.05) is 6.04 Å². The molecule has 1 fully saturated rings. The summed E-state index contributed by atoms with van der Waals surface area (Å²) in [5, 5.41) is 6.37. The predicted octanol–water partition coefficient (Wildman–Crippen LogP) is 4.59. The molecular formula is C21H26N2O2. The minimum atomic E-state index is -0.0399. The maximum Gasteiger partial charge on any atom is 0.238 e. The maximum atomic E-state index is 12.3. The number of hydrogen-bond donors (Lipinski definition) is 2. The smallest absolute Gasteiger partial charge is 0.238 e. The van der Waals surface area contributed by atoms with Gasteiger partial charge in [-0.25, -0.2) is 0 Å². The van der Waals surface area contributed by atoms with E-state index in [-0.39, 0.29) is 5.91 Å². The molecular weight excluding hydrogens is 312 g/mol. The van der Waals surface area contributed by atoms with Crippen molar-refractivity contribution in [2.45, 2.75) is 38.6 Å². The quantitative estimate of drug-likeness (QED) is 0.810. The van der Waals surface area contributed by atoms with Gasteiger partial charge in [-0.15, -0.1) is 0 Å². The zero-order valence-electron chi connectivity index (χ0n) is 14.7. The highest BCUT2D eigenvalue weighted by atomic mass is 16.5. The van der Waals surface area contributed by atoms with Crippen LogP contribution in [0.25, 0.3) is 0 Å². The number of nitrogens with one attached hydrogen (secondary N) is 2. The van der Waals surface area contributed by atoms with Gasteiger partial charge in [0.15, 0.2) is 5.75 Å². The highest BCUT2D eigenvalue weighted by molar-refractivity contribution is 5.93. The van der Waals surface area contributed by atoms with E-state index < -0.39 is 0 Å². The first-order valence-electron chi connectivity index (χ1n) is 9.07. The van der Waals surface area contributed by atoms with E-state index in [0.29, 0.717) is 29.9 Å². The molecule has 0 spiro atoms. The molecule has 0 aliphatic heterocycles. The Labute approximate surface area is 149 Å². The summed E-state index contributed by atoms with van der Waals surface area (Å²) in [5.41, 5.74) is 0.690. The average molecular weight is 338 g/mol. The second kappa shape index (κ2) is 8.67. The van der Waals surface area contributed by atoms with Crippen LogP contribution < -0.4 is 15.4 Å². The Kier molecular flexibility index (Phi) is 6.07. The normalized spacial score (nSPS) is 20.0. The molecule has 1 amide bonds. The first-order chi connectivity index (χ1) is 12.2. The summed E-state index contributed by atoms with van der Waals surface area (Å²) < 4.78 is 5.89. The SMILES string of the molecule is C[C@H]1CCCC[C@H]1NCC(=O)Nc1ccccc1Oc1ccccc1. The van der Waals surface area contributed by atoms with Gasteiger partial charge in [0.1, 0.15) is 5.75 Å². The molecule has 1 aliphatic rings. The number of carbonyl (C=O) groups is 1. The van der Waals surface area contributed by atoms with Crippen molar-refractivity contribution < 1.29 is 9.53 Å². The minimum absolute atomic E-state index is 0.0399. The standard InChI is InChI=1S/C21H26N2O2/c1-16-9-5-6-12-18(16)22-15-21(24)23-19-13-7-8-14-20(19)25-17-10-3-2-4-11-17/h2-4,7-8,10-11,13-14,16,18,22H,5-6,9,12,15H2,1H3,(H,23,24)/t16-,18+/m0/s1. The molecule has 1 saturated carbocycles. The van der Waals surface area contributed by atoms with Gasteiger partial charge in [0.25, 0.3) is 0 Å². The Morgan fingerprint density at radius 2 is 1.76 bits per heavy atom. The van der Waals surface area contributed by atoms with Crippen LogP contribution in [0.5, 0.6) is 11.5 Å². The molecule has 0 saturated heterocycles. The van der Waals surface area contributed by atoms with Gasteiger partial charge in [0.2, 0.25) is 5.91 Å². The number of hydrogen-bond acceptors (Lipinski definition) is 3. The van der Waals surface area contributed by atoms with Gasteiger partial charge < -0.3 is 15.4 Å². The third-order valence-corrected chi connectivity index (χ3v) is 4.77. The molecule has 3 rings (SSSR count). The van der Waals surface area contributed by atoms with Gasteiger partial charge >= 0.3 is 0 Å². The molecule has 2 N–H and O–H groups in total. The lowest BCUT2D eigenvalue weighted by Gasteiger charge is -2.29. The highest BCUT2D eigenvalue weighted by Gasteiger charge is 2.21. The molecule has 1 aliphatic carbocycles. The molecule has 0 bridgehead atoms. The van der Waals surface area contributed by atoms with Crippen molar-refractivity contribution in [1.82, 2.24) is 5.32 Å². The second-order valence-electron chi connectivity index (χ2n) is 6.71. The van der Waals surface area contributed by atoms with Crippen molar-refractivity contribution >= 4 is 11.6 Å². The molecule has 132 valence electrons. The third-order valence-electron chi connectivity index (χ3n) is 4.77. The molecule has 2 aromatic carbocycles. The molecule has 0 heterocycles. The molecule has 4 nitrogen and oxygen atoms in total. The zero-order valence-corrected chi connectivity index (χ0v) is 14.7. The van der Waals surface area contributed by atoms with Gasteiger partial charge in [-0.1, -0.05) is 50.1 Å². The van der Waals surface area contributed by atoms with Crippen molar-refractivity contribution in [3.63, 3.8) is 0 Å². The number of para-hydroxylation sites is 3. The van der Waals surface area contributed by atoms with Crippen LogP contribution >= 0.6 is 0 Å². The maximum absolute atomic E-state index is 12.3. The van der Waals surface area contributed by atoms with Crippen LogP contribution in [0, 0.1) is 5.92 Å². The number of ether oxygens (including phenoxy) is 1. The summed E-state index contributed by atoms with van der Waals surface area (Å²) in [6, 6.07) is 17.5. The summed E-state index contributed by atoms with van der Waals surface area (Å²) in [6.45, 7) is 2.59.